The predicted molar refractivity (Wildman–Crippen MR) is 70.9 cm³/mol. The Morgan fingerprint density at radius 3 is 2.89 bits per heavy atom. The minimum absolute atomic E-state index is 0.110. The number of alkyl halides is 1. The number of nitrogens with zero attached hydrogens (tertiary/aromatic N) is 3. The quantitative estimate of drug-likeness (QED) is 0.809. The van der Waals surface area contributed by atoms with Crippen molar-refractivity contribution < 1.29 is 14.7 Å². The molecule has 1 amide bonds. The lowest BCUT2D eigenvalue weighted by molar-refractivity contribution is -0.117. The van der Waals surface area contributed by atoms with E-state index in [0.717, 1.165) is 0 Å². The predicted octanol–water partition coefficient (Wildman–Crippen LogP) is 1.69. The highest BCUT2D eigenvalue weighted by Gasteiger charge is 2.33. The monoisotopic (exact) mass is 377 g/mol. The first kappa shape index (κ1) is 13.4. The molecule has 6 nitrogen and oxygen atoms in total. The van der Waals surface area contributed by atoms with Crippen molar-refractivity contribution in [3.63, 3.8) is 0 Å². The van der Waals surface area contributed by atoms with Gasteiger partial charge in [0.05, 0.1) is 6.20 Å². The molecule has 1 N–H and O–H groups in total. The van der Waals surface area contributed by atoms with Gasteiger partial charge in [-0.05, 0) is 21.8 Å². The first-order valence-electron chi connectivity index (χ1n) is 5.15. The molecule has 0 aromatic carbocycles. The molecule has 1 aromatic rings. The van der Waals surface area contributed by atoms with Crippen LogP contribution in [-0.2, 0) is 4.79 Å². The van der Waals surface area contributed by atoms with Gasteiger partial charge in [-0.3, -0.25) is 9.69 Å². The Balaban J connectivity index is 2.39. The van der Waals surface area contributed by atoms with Crippen LogP contribution < -0.4 is 4.90 Å². The average Bonchev–Trinajstić information content (AvgIpc) is 2.70. The number of hydrogen-bond donors (Lipinski definition) is 1. The summed E-state index contributed by atoms with van der Waals surface area (Å²) in [5, 5.41) is 9.79. The highest BCUT2D eigenvalue weighted by molar-refractivity contribution is 9.10. The number of carbonyl (C=O) groups excluding carboxylic acids is 1. The molecular weight excluding hydrogens is 370 g/mol. The van der Waals surface area contributed by atoms with Gasteiger partial charge >= 0.3 is 5.97 Å². The summed E-state index contributed by atoms with van der Waals surface area (Å²) < 4.78 is 0.326. The molecule has 2 heterocycles. The van der Waals surface area contributed by atoms with Crippen LogP contribution in [0.15, 0.2) is 10.8 Å². The summed E-state index contributed by atoms with van der Waals surface area (Å²) in [6, 6.07) is 0. The number of aromatic nitrogens is 2. The third-order valence-corrected chi connectivity index (χ3v) is 3.90. The molecule has 1 aromatic heterocycles. The van der Waals surface area contributed by atoms with Gasteiger partial charge in [0.15, 0.2) is 11.5 Å². The lowest BCUT2D eigenvalue weighted by atomic mass is 10.2. The van der Waals surface area contributed by atoms with E-state index in [9.17, 15) is 9.59 Å². The van der Waals surface area contributed by atoms with E-state index in [-0.39, 0.29) is 23.3 Å². The van der Waals surface area contributed by atoms with Crippen LogP contribution in [0.3, 0.4) is 0 Å². The van der Waals surface area contributed by atoms with Crippen molar-refractivity contribution in [1.29, 1.82) is 0 Å². The molecule has 1 unspecified atom stereocenters. The average molecular weight is 379 g/mol. The summed E-state index contributed by atoms with van der Waals surface area (Å²) >= 11 is 6.39. The van der Waals surface area contributed by atoms with Crippen molar-refractivity contribution in [3.8, 4) is 0 Å². The molecule has 1 fully saturated rings. The molecule has 8 heteroatoms. The van der Waals surface area contributed by atoms with Crippen molar-refractivity contribution in [2.45, 2.75) is 6.42 Å². The fourth-order valence-electron chi connectivity index (χ4n) is 1.79. The maximum atomic E-state index is 11.8. The number of carboxylic acids is 1. The van der Waals surface area contributed by atoms with Gasteiger partial charge in [0.2, 0.25) is 5.91 Å². The second-order valence-electron chi connectivity index (χ2n) is 3.90. The second kappa shape index (κ2) is 5.31. The lowest BCUT2D eigenvalue weighted by Gasteiger charge is -2.16. The molecular formula is C10H9Br2N3O3. The van der Waals surface area contributed by atoms with Crippen molar-refractivity contribution >= 4 is 49.6 Å². The van der Waals surface area contributed by atoms with Gasteiger partial charge in [-0.2, -0.15) is 0 Å². The maximum Gasteiger partial charge on any atom is 0.358 e. The van der Waals surface area contributed by atoms with Gasteiger partial charge < -0.3 is 5.11 Å². The first-order chi connectivity index (χ1) is 8.52. The largest absolute Gasteiger partial charge is 0.476 e. The van der Waals surface area contributed by atoms with Crippen LogP contribution in [0.2, 0.25) is 0 Å². The van der Waals surface area contributed by atoms with Gasteiger partial charge in [0.25, 0.3) is 0 Å². The van der Waals surface area contributed by atoms with Crippen LogP contribution >= 0.6 is 31.9 Å². The molecule has 96 valence electrons. The van der Waals surface area contributed by atoms with Crippen molar-refractivity contribution in [3.05, 3.63) is 16.5 Å². The van der Waals surface area contributed by atoms with Gasteiger partial charge in [0, 0.05) is 18.3 Å². The van der Waals surface area contributed by atoms with Gasteiger partial charge in [0.1, 0.15) is 4.60 Å². The Kier molecular flexibility index (Phi) is 3.96. The van der Waals surface area contributed by atoms with Crippen LogP contribution in [0.25, 0.3) is 0 Å². The molecule has 18 heavy (non-hydrogen) atoms. The van der Waals surface area contributed by atoms with E-state index in [4.69, 9.17) is 5.11 Å². The van der Waals surface area contributed by atoms with E-state index >= 15 is 0 Å². The minimum atomic E-state index is -1.20. The standard InChI is InChI=1S/C10H9Br2N3O3/c11-2-5-1-7(16)15(4-5)9-8(10(17)18)14-6(12)3-13-9/h3,5H,1-2,4H2,(H,17,18). The smallest absolute Gasteiger partial charge is 0.358 e. The van der Waals surface area contributed by atoms with E-state index in [1.807, 2.05) is 0 Å². The second-order valence-corrected chi connectivity index (χ2v) is 5.36. The summed E-state index contributed by atoms with van der Waals surface area (Å²) in [5.74, 6) is -1.05. The normalized spacial score (nSPS) is 19.3. The Hall–Kier alpha value is -1.02. The molecule has 0 bridgehead atoms. The van der Waals surface area contributed by atoms with Crippen molar-refractivity contribution in [1.82, 2.24) is 9.97 Å². The van der Waals surface area contributed by atoms with Crippen LogP contribution in [0.1, 0.15) is 16.9 Å². The zero-order valence-corrected chi connectivity index (χ0v) is 12.3. The van der Waals surface area contributed by atoms with E-state index < -0.39 is 5.97 Å². The highest BCUT2D eigenvalue weighted by atomic mass is 79.9. The number of rotatable bonds is 3. The third kappa shape index (κ3) is 2.54. The van der Waals surface area contributed by atoms with E-state index in [0.29, 0.717) is 22.9 Å². The zero-order valence-electron chi connectivity index (χ0n) is 9.14. The molecule has 1 atom stereocenters. The fraction of sp³-hybridized carbons (Fsp3) is 0.400. The first-order valence-corrected chi connectivity index (χ1v) is 7.06. The number of carbonyl (C=O) groups is 2. The van der Waals surface area contributed by atoms with Crippen LogP contribution in [-0.4, -0.2) is 38.8 Å². The minimum Gasteiger partial charge on any atom is -0.476 e. The Morgan fingerprint density at radius 1 is 1.61 bits per heavy atom. The fourth-order valence-corrected chi connectivity index (χ4v) is 2.51. The zero-order chi connectivity index (χ0) is 13.3. The van der Waals surface area contributed by atoms with Gasteiger partial charge in [-0.25, -0.2) is 14.8 Å². The van der Waals surface area contributed by atoms with Crippen LogP contribution in [0.5, 0.6) is 0 Å². The SMILES string of the molecule is O=C(O)c1nc(Br)cnc1N1CC(CBr)CC1=O. The molecule has 0 radical (unpaired) electrons. The molecule has 0 spiro atoms. The number of amides is 1. The highest BCUT2D eigenvalue weighted by Crippen LogP contribution is 2.27. The van der Waals surface area contributed by atoms with Crippen LogP contribution in [0.4, 0.5) is 5.82 Å². The van der Waals surface area contributed by atoms with Gasteiger partial charge in [-0.15, -0.1) is 0 Å². The molecule has 0 aliphatic carbocycles. The molecule has 2 rings (SSSR count). The topological polar surface area (TPSA) is 83.4 Å². The Morgan fingerprint density at radius 2 is 2.33 bits per heavy atom. The molecule has 1 saturated heterocycles. The summed E-state index contributed by atoms with van der Waals surface area (Å²) in [4.78, 5) is 32.2. The summed E-state index contributed by atoms with van der Waals surface area (Å²) in [7, 11) is 0. The summed E-state index contributed by atoms with van der Waals surface area (Å²) in [6.07, 6.45) is 1.78. The van der Waals surface area contributed by atoms with E-state index in [2.05, 4.69) is 41.8 Å². The molecule has 0 saturated carbocycles. The summed E-state index contributed by atoms with van der Waals surface area (Å²) in [5.41, 5.74) is -0.215. The van der Waals surface area contributed by atoms with Gasteiger partial charge in [-0.1, -0.05) is 15.9 Å². The molecule has 1 aliphatic heterocycles. The van der Waals surface area contributed by atoms with Crippen LogP contribution in [0, 0.1) is 5.92 Å². The number of aromatic carboxylic acids is 1. The third-order valence-electron chi connectivity index (χ3n) is 2.61. The maximum absolute atomic E-state index is 11.8. The number of hydrogen-bond acceptors (Lipinski definition) is 4. The number of halogens is 2. The number of anilines is 1. The Labute approximate surface area is 120 Å². The van der Waals surface area contributed by atoms with E-state index in [1.54, 1.807) is 0 Å². The summed E-state index contributed by atoms with van der Waals surface area (Å²) in [6.45, 7) is 0.459. The Bertz CT molecular complexity index is 509. The number of carboxylic acid groups (broad SMARTS) is 1. The lowest BCUT2D eigenvalue weighted by Crippen LogP contribution is -2.28. The van der Waals surface area contributed by atoms with Crippen molar-refractivity contribution in [2.75, 3.05) is 16.8 Å². The molecule has 1 aliphatic rings. The van der Waals surface area contributed by atoms with E-state index in [1.165, 1.54) is 11.1 Å². The van der Waals surface area contributed by atoms with Crippen molar-refractivity contribution in [2.24, 2.45) is 5.92 Å².